The molecule has 114 valence electrons. The molecular weight excluding hydrogens is 286 g/mol. The van der Waals surface area contributed by atoms with E-state index in [1.165, 1.54) is 19.2 Å². The Balaban J connectivity index is 1.91. The summed E-state index contributed by atoms with van der Waals surface area (Å²) in [4.78, 5) is 21.3. The number of rotatable bonds is 6. The summed E-state index contributed by atoms with van der Waals surface area (Å²) >= 11 is 0. The van der Waals surface area contributed by atoms with Crippen LogP contribution < -0.4 is 4.74 Å². The van der Waals surface area contributed by atoms with E-state index < -0.39 is 4.92 Å². The predicted molar refractivity (Wildman–Crippen MR) is 79.6 cm³/mol. The van der Waals surface area contributed by atoms with E-state index in [1.807, 2.05) is 0 Å². The normalized spacial score (nSPS) is 10.0. The molecule has 0 saturated carbocycles. The zero-order valence-corrected chi connectivity index (χ0v) is 12.0. The molecule has 0 N–H and O–H groups in total. The Morgan fingerprint density at radius 2 is 1.64 bits per heavy atom. The molecule has 2 aromatic carbocycles. The van der Waals surface area contributed by atoms with Gasteiger partial charge in [0.05, 0.1) is 18.5 Å². The van der Waals surface area contributed by atoms with Gasteiger partial charge in [-0.1, -0.05) is 12.1 Å². The number of benzene rings is 2. The van der Waals surface area contributed by atoms with Crippen molar-refractivity contribution in [1.29, 1.82) is 0 Å². The summed E-state index contributed by atoms with van der Waals surface area (Å²) in [6, 6.07) is 13.3. The molecule has 6 heteroatoms. The van der Waals surface area contributed by atoms with Crippen LogP contribution in [-0.2, 0) is 22.6 Å². The highest BCUT2D eigenvalue weighted by atomic mass is 16.6. The van der Waals surface area contributed by atoms with Crippen LogP contribution in [0.3, 0.4) is 0 Å². The van der Waals surface area contributed by atoms with Gasteiger partial charge in [0.2, 0.25) is 0 Å². The van der Waals surface area contributed by atoms with Crippen LogP contribution in [0.2, 0.25) is 0 Å². The summed E-state index contributed by atoms with van der Waals surface area (Å²) in [7, 11) is 1.35. The van der Waals surface area contributed by atoms with E-state index in [4.69, 9.17) is 4.74 Å². The van der Waals surface area contributed by atoms with Gasteiger partial charge < -0.3 is 9.47 Å². The van der Waals surface area contributed by atoms with Gasteiger partial charge in [0.1, 0.15) is 12.4 Å². The van der Waals surface area contributed by atoms with E-state index in [2.05, 4.69) is 4.74 Å². The second kappa shape index (κ2) is 7.21. The Bertz CT molecular complexity index is 649. The average Bonchev–Trinajstić information content (AvgIpc) is 2.54. The van der Waals surface area contributed by atoms with Crippen LogP contribution in [0.25, 0.3) is 0 Å². The van der Waals surface area contributed by atoms with Gasteiger partial charge in [-0.25, -0.2) is 0 Å². The summed E-state index contributed by atoms with van der Waals surface area (Å²) < 4.78 is 10.2. The van der Waals surface area contributed by atoms with Gasteiger partial charge in [0.25, 0.3) is 5.69 Å². The first kappa shape index (κ1) is 15.5. The molecule has 0 aliphatic heterocycles. The minimum Gasteiger partial charge on any atom is -0.489 e. The maximum atomic E-state index is 11.2. The molecule has 0 radical (unpaired) electrons. The topological polar surface area (TPSA) is 78.7 Å². The smallest absolute Gasteiger partial charge is 0.309 e. The molecule has 0 fully saturated rings. The standard InChI is InChI=1S/C16H15NO5/c1-21-16(18)10-12-4-8-15(9-5-12)22-11-13-2-6-14(7-3-13)17(19)20/h2-9H,10-11H2,1H3. The van der Waals surface area contributed by atoms with Crippen LogP contribution in [-0.4, -0.2) is 18.0 Å². The van der Waals surface area contributed by atoms with Gasteiger partial charge in [-0.3, -0.25) is 14.9 Å². The Hall–Kier alpha value is -2.89. The Kier molecular flexibility index (Phi) is 5.08. The highest BCUT2D eigenvalue weighted by molar-refractivity contribution is 5.72. The first-order valence-corrected chi connectivity index (χ1v) is 6.60. The molecule has 0 aliphatic carbocycles. The predicted octanol–water partition coefficient (Wildman–Crippen LogP) is 2.89. The summed E-state index contributed by atoms with van der Waals surface area (Å²) in [5.74, 6) is 0.367. The number of ether oxygens (including phenoxy) is 2. The summed E-state index contributed by atoms with van der Waals surface area (Å²) in [5.41, 5.74) is 1.73. The zero-order valence-electron chi connectivity index (χ0n) is 12.0. The lowest BCUT2D eigenvalue weighted by molar-refractivity contribution is -0.384. The number of esters is 1. The molecule has 0 atom stereocenters. The molecule has 0 spiro atoms. The molecule has 0 bridgehead atoms. The number of carbonyl (C=O) groups is 1. The lowest BCUT2D eigenvalue weighted by Gasteiger charge is -2.07. The van der Waals surface area contributed by atoms with Crippen molar-refractivity contribution < 1.29 is 19.2 Å². The maximum absolute atomic E-state index is 11.2. The van der Waals surface area contributed by atoms with Crippen molar-refractivity contribution in [3.05, 3.63) is 69.8 Å². The van der Waals surface area contributed by atoms with E-state index in [0.717, 1.165) is 11.1 Å². The molecule has 2 rings (SSSR count). The number of nitro groups is 1. The first-order chi connectivity index (χ1) is 10.6. The van der Waals surface area contributed by atoms with E-state index in [1.54, 1.807) is 36.4 Å². The fraction of sp³-hybridized carbons (Fsp3) is 0.188. The second-order valence-corrected chi connectivity index (χ2v) is 4.61. The lowest BCUT2D eigenvalue weighted by Crippen LogP contribution is -2.04. The molecule has 0 unspecified atom stereocenters. The van der Waals surface area contributed by atoms with Gasteiger partial charge in [0, 0.05) is 12.1 Å². The highest BCUT2D eigenvalue weighted by Gasteiger charge is 2.05. The van der Waals surface area contributed by atoms with Crippen molar-refractivity contribution in [3.63, 3.8) is 0 Å². The summed E-state index contributed by atoms with van der Waals surface area (Å²) in [6.07, 6.45) is 0.221. The van der Waals surface area contributed by atoms with Crippen LogP contribution in [0, 0.1) is 10.1 Å². The third-order valence-electron chi connectivity index (χ3n) is 3.05. The van der Waals surface area contributed by atoms with Crippen LogP contribution in [0.4, 0.5) is 5.69 Å². The van der Waals surface area contributed by atoms with Gasteiger partial charge in [-0.05, 0) is 35.4 Å². The molecule has 6 nitrogen and oxygen atoms in total. The van der Waals surface area contributed by atoms with Gasteiger partial charge in [0.15, 0.2) is 0 Å². The lowest BCUT2D eigenvalue weighted by atomic mass is 10.1. The van der Waals surface area contributed by atoms with Crippen molar-refractivity contribution in [3.8, 4) is 5.75 Å². The zero-order chi connectivity index (χ0) is 15.9. The first-order valence-electron chi connectivity index (χ1n) is 6.60. The van der Waals surface area contributed by atoms with Crippen molar-refractivity contribution in [2.24, 2.45) is 0 Å². The molecule has 0 heterocycles. The monoisotopic (exact) mass is 301 g/mol. The number of non-ortho nitro benzene ring substituents is 1. The maximum Gasteiger partial charge on any atom is 0.309 e. The molecule has 0 aliphatic rings. The van der Waals surface area contributed by atoms with Crippen LogP contribution in [0.15, 0.2) is 48.5 Å². The van der Waals surface area contributed by atoms with E-state index in [0.29, 0.717) is 12.4 Å². The molecular formula is C16H15NO5. The van der Waals surface area contributed by atoms with Crippen molar-refractivity contribution in [2.45, 2.75) is 13.0 Å². The summed E-state index contributed by atoms with van der Waals surface area (Å²) in [6.45, 7) is 0.314. The number of carbonyl (C=O) groups excluding carboxylic acids is 1. The Morgan fingerprint density at radius 1 is 1.05 bits per heavy atom. The fourth-order valence-corrected chi connectivity index (χ4v) is 1.82. The molecule has 22 heavy (non-hydrogen) atoms. The molecule has 2 aromatic rings. The molecule has 0 amide bonds. The third-order valence-corrected chi connectivity index (χ3v) is 3.05. The number of nitro benzene ring substituents is 1. The van der Waals surface area contributed by atoms with E-state index in [-0.39, 0.29) is 18.1 Å². The Labute approximate surface area is 127 Å². The van der Waals surface area contributed by atoms with E-state index in [9.17, 15) is 14.9 Å². The number of nitrogens with zero attached hydrogens (tertiary/aromatic N) is 1. The minimum absolute atomic E-state index is 0.0518. The minimum atomic E-state index is -0.440. The summed E-state index contributed by atoms with van der Waals surface area (Å²) in [5, 5.41) is 10.6. The number of hydrogen-bond acceptors (Lipinski definition) is 5. The van der Waals surface area contributed by atoms with Crippen molar-refractivity contribution >= 4 is 11.7 Å². The van der Waals surface area contributed by atoms with Gasteiger partial charge in [-0.15, -0.1) is 0 Å². The second-order valence-electron chi connectivity index (χ2n) is 4.61. The third kappa shape index (κ3) is 4.31. The quantitative estimate of drug-likeness (QED) is 0.465. The molecule has 0 saturated heterocycles. The van der Waals surface area contributed by atoms with E-state index >= 15 is 0 Å². The highest BCUT2D eigenvalue weighted by Crippen LogP contribution is 2.16. The Morgan fingerprint density at radius 3 is 2.18 bits per heavy atom. The average molecular weight is 301 g/mol. The van der Waals surface area contributed by atoms with Crippen LogP contribution >= 0.6 is 0 Å². The fourth-order valence-electron chi connectivity index (χ4n) is 1.82. The van der Waals surface area contributed by atoms with Crippen LogP contribution in [0.1, 0.15) is 11.1 Å². The van der Waals surface area contributed by atoms with Crippen LogP contribution in [0.5, 0.6) is 5.75 Å². The number of methoxy groups -OCH3 is 1. The largest absolute Gasteiger partial charge is 0.489 e. The van der Waals surface area contributed by atoms with Gasteiger partial charge >= 0.3 is 5.97 Å². The van der Waals surface area contributed by atoms with Crippen molar-refractivity contribution in [1.82, 2.24) is 0 Å². The molecule has 0 aromatic heterocycles. The number of hydrogen-bond donors (Lipinski definition) is 0. The van der Waals surface area contributed by atoms with Gasteiger partial charge in [-0.2, -0.15) is 0 Å². The SMILES string of the molecule is COC(=O)Cc1ccc(OCc2ccc([N+](=O)[O-])cc2)cc1. The van der Waals surface area contributed by atoms with Crippen molar-refractivity contribution in [2.75, 3.05) is 7.11 Å².